The third kappa shape index (κ3) is 7.28. The minimum Gasteiger partial charge on any atom is -0.207 e. The topological polar surface area (TPSA) is 0 Å². The van der Waals surface area contributed by atoms with Crippen LogP contribution in [0.15, 0.2) is 30.3 Å². The van der Waals surface area contributed by atoms with E-state index in [0.717, 1.165) is 36.2 Å². The van der Waals surface area contributed by atoms with Gasteiger partial charge in [-0.1, -0.05) is 82.0 Å². The Morgan fingerprint density at radius 2 is 1.23 bits per heavy atom. The van der Waals surface area contributed by atoms with Crippen LogP contribution in [-0.2, 0) is 12.8 Å². The molecule has 0 N–H and O–H groups in total. The van der Waals surface area contributed by atoms with Gasteiger partial charge < -0.3 is 0 Å². The van der Waals surface area contributed by atoms with Crippen molar-refractivity contribution in [1.82, 2.24) is 0 Å². The summed E-state index contributed by atoms with van der Waals surface area (Å²) >= 11 is 5.55. The van der Waals surface area contributed by atoms with Crippen LogP contribution in [0.5, 0.6) is 0 Å². The summed E-state index contributed by atoms with van der Waals surface area (Å²) in [5.41, 5.74) is 2.18. The Balaban J connectivity index is 1.22. The van der Waals surface area contributed by atoms with E-state index in [9.17, 15) is 13.2 Å². The standard InChI is InChI=1S/C31H40ClF3/c1-2-3-21-4-6-22(7-5-21)8-9-23-10-13-25(14-11-23)27-17-16-26(28(33)20-27)15-12-24-18-29(34)31(32)30(35)19-24/h16-23,25H,2-15H2,1H3/t21-,22-,23-,25-. The molecule has 0 saturated heterocycles. The molecule has 2 aromatic carbocycles. The molecule has 0 atom stereocenters. The Bertz CT molecular complexity index is 933. The van der Waals surface area contributed by atoms with Crippen molar-refractivity contribution in [2.45, 2.75) is 103 Å². The zero-order chi connectivity index (χ0) is 24.8. The Hall–Kier alpha value is -1.48. The van der Waals surface area contributed by atoms with Crippen LogP contribution in [0.2, 0.25) is 5.02 Å². The summed E-state index contributed by atoms with van der Waals surface area (Å²) in [6.07, 6.45) is 16.9. The Kier molecular flexibility index (Phi) is 9.61. The second-order valence-corrected chi connectivity index (χ2v) is 11.6. The Morgan fingerprint density at radius 3 is 1.77 bits per heavy atom. The van der Waals surface area contributed by atoms with Crippen molar-refractivity contribution in [3.63, 3.8) is 0 Å². The second kappa shape index (κ2) is 12.7. The van der Waals surface area contributed by atoms with E-state index in [-0.39, 0.29) is 5.82 Å². The van der Waals surface area contributed by atoms with E-state index >= 15 is 0 Å². The van der Waals surface area contributed by atoms with Gasteiger partial charge in [-0.3, -0.25) is 0 Å². The zero-order valence-corrected chi connectivity index (χ0v) is 21.9. The molecule has 0 spiro atoms. The van der Waals surface area contributed by atoms with Gasteiger partial charge in [0.05, 0.1) is 0 Å². The predicted octanol–water partition coefficient (Wildman–Crippen LogP) is 10.2. The first-order valence-electron chi connectivity index (χ1n) is 13.8. The molecule has 2 fully saturated rings. The fraction of sp³-hybridized carbons (Fsp3) is 0.613. The van der Waals surface area contributed by atoms with Gasteiger partial charge in [-0.25, -0.2) is 13.2 Å². The van der Waals surface area contributed by atoms with Gasteiger partial charge in [0.2, 0.25) is 0 Å². The lowest BCUT2D eigenvalue weighted by Gasteiger charge is -2.32. The molecule has 4 heteroatoms. The molecule has 0 heterocycles. The van der Waals surface area contributed by atoms with Crippen molar-refractivity contribution in [2.75, 3.05) is 0 Å². The maximum atomic E-state index is 14.8. The maximum absolute atomic E-state index is 14.8. The summed E-state index contributed by atoms with van der Waals surface area (Å²) in [4.78, 5) is 0. The summed E-state index contributed by atoms with van der Waals surface area (Å²) < 4.78 is 42.2. The second-order valence-electron chi connectivity index (χ2n) is 11.2. The van der Waals surface area contributed by atoms with Crippen LogP contribution in [0.25, 0.3) is 0 Å². The molecule has 0 amide bonds. The van der Waals surface area contributed by atoms with E-state index in [1.54, 1.807) is 6.07 Å². The average molecular weight is 505 g/mol. The molecule has 0 aromatic heterocycles. The predicted molar refractivity (Wildman–Crippen MR) is 139 cm³/mol. The SMILES string of the molecule is CCC[C@H]1CC[C@H](CC[C@H]2CC[C@H](c3ccc(CCc4cc(F)c(Cl)c(F)c4)c(F)c3)CC2)CC1. The van der Waals surface area contributed by atoms with Crippen LogP contribution in [0.3, 0.4) is 0 Å². The lowest BCUT2D eigenvalue weighted by molar-refractivity contribution is 0.224. The average Bonchev–Trinajstić information content (AvgIpc) is 2.86. The minimum atomic E-state index is -0.771. The first-order valence-corrected chi connectivity index (χ1v) is 14.2. The number of hydrogen-bond acceptors (Lipinski definition) is 0. The van der Waals surface area contributed by atoms with Gasteiger partial charge in [0.15, 0.2) is 0 Å². The number of aryl methyl sites for hydroxylation is 2. The largest absolute Gasteiger partial charge is 0.207 e. The van der Waals surface area contributed by atoms with Crippen LogP contribution in [0.4, 0.5) is 13.2 Å². The minimum absolute atomic E-state index is 0.210. The molecule has 2 aliphatic carbocycles. The van der Waals surface area contributed by atoms with E-state index in [4.69, 9.17) is 11.6 Å². The van der Waals surface area contributed by atoms with Gasteiger partial charge in [0.25, 0.3) is 0 Å². The number of benzene rings is 2. The van der Waals surface area contributed by atoms with E-state index in [2.05, 4.69) is 13.0 Å². The van der Waals surface area contributed by atoms with E-state index in [1.807, 2.05) is 6.07 Å². The van der Waals surface area contributed by atoms with Crippen LogP contribution >= 0.6 is 11.6 Å². The van der Waals surface area contributed by atoms with Gasteiger partial charge in [0.1, 0.15) is 22.5 Å². The normalized spacial score (nSPS) is 25.1. The summed E-state index contributed by atoms with van der Waals surface area (Å²) in [5.74, 6) is 1.46. The number of halogens is 4. The Morgan fingerprint density at radius 1 is 0.686 bits per heavy atom. The summed E-state index contributed by atoms with van der Waals surface area (Å²) in [5, 5.41) is -0.492. The fourth-order valence-corrected chi connectivity index (χ4v) is 6.63. The summed E-state index contributed by atoms with van der Waals surface area (Å²) in [7, 11) is 0. The van der Waals surface area contributed by atoms with Crippen molar-refractivity contribution in [2.24, 2.45) is 17.8 Å². The highest BCUT2D eigenvalue weighted by Crippen LogP contribution is 2.40. The molecule has 0 unspecified atom stereocenters. The lowest BCUT2D eigenvalue weighted by atomic mass is 9.74. The number of rotatable bonds is 9. The molecule has 2 aromatic rings. The lowest BCUT2D eigenvalue weighted by Crippen LogP contribution is -2.18. The third-order valence-corrected chi connectivity index (χ3v) is 9.13. The number of hydrogen-bond donors (Lipinski definition) is 0. The molecular formula is C31H40ClF3. The molecule has 2 saturated carbocycles. The summed E-state index contributed by atoms with van der Waals surface area (Å²) in [6, 6.07) is 8.06. The van der Waals surface area contributed by atoms with Crippen molar-refractivity contribution in [3.8, 4) is 0 Å². The van der Waals surface area contributed by atoms with Gasteiger partial charge in [-0.05, 0) is 97.1 Å². The molecule has 2 aliphatic rings. The molecule has 4 rings (SSSR count). The third-order valence-electron chi connectivity index (χ3n) is 8.77. The van der Waals surface area contributed by atoms with Crippen LogP contribution < -0.4 is 0 Å². The van der Waals surface area contributed by atoms with Gasteiger partial charge >= 0.3 is 0 Å². The maximum Gasteiger partial charge on any atom is 0.145 e. The fourth-order valence-electron chi connectivity index (χ4n) is 6.52. The van der Waals surface area contributed by atoms with E-state index in [1.165, 1.54) is 76.3 Å². The van der Waals surface area contributed by atoms with Crippen molar-refractivity contribution in [1.29, 1.82) is 0 Å². The van der Waals surface area contributed by atoms with Crippen molar-refractivity contribution >= 4 is 11.6 Å². The van der Waals surface area contributed by atoms with Gasteiger partial charge in [0, 0.05) is 0 Å². The van der Waals surface area contributed by atoms with Crippen LogP contribution in [0, 0.1) is 35.2 Å². The van der Waals surface area contributed by atoms with Crippen molar-refractivity contribution in [3.05, 3.63) is 69.5 Å². The first kappa shape index (κ1) is 26.6. The first-order chi connectivity index (χ1) is 16.9. The Labute approximate surface area is 214 Å². The highest BCUT2D eigenvalue weighted by molar-refractivity contribution is 6.30. The highest BCUT2D eigenvalue weighted by Gasteiger charge is 2.25. The van der Waals surface area contributed by atoms with E-state index < -0.39 is 16.7 Å². The zero-order valence-electron chi connectivity index (χ0n) is 21.1. The molecule has 35 heavy (non-hydrogen) atoms. The molecule has 0 nitrogen and oxygen atoms in total. The monoisotopic (exact) mass is 504 g/mol. The smallest absolute Gasteiger partial charge is 0.145 e. The molecular weight excluding hydrogens is 465 g/mol. The van der Waals surface area contributed by atoms with Crippen LogP contribution in [0.1, 0.15) is 107 Å². The highest BCUT2D eigenvalue weighted by atomic mass is 35.5. The van der Waals surface area contributed by atoms with Gasteiger partial charge in [-0.15, -0.1) is 0 Å². The molecule has 0 radical (unpaired) electrons. The van der Waals surface area contributed by atoms with Crippen molar-refractivity contribution < 1.29 is 13.2 Å². The van der Waals surface area contributed by atoms with Crippen LogP contribution in [-0.4, -0.2) is 0 Å². The molecule has 0 aliphatic heterocycles. The summed E-state index contributed by atoms with van der Waals surface area (Å²) in [6.45, 7) is 2.31. The molecule has 0 bridgehead atoms. The van der Waals surface area contributed by atoms with E-state index in [0.29, 0.717) is 29.9 Å². The molecule has 192 valence electrons. The quantitative estimate of drug-likeness (QED) is 0.298. The van der Waals surface area contributed by atoms with Gasteiger partial charge in [-0.2, -0.15) is 0 Å².